The molecule has 6 heteroatoms. The Kier molecular flexibility index (Phi) is 2.25. The Morgan fingerprint density at radius 1 is 1.32 bits per heavy atom. The zero-order valence-corrected chi connectivity index (χ0v) is 11.0. The highest BCUT2D eigenvalue weighted by molar-refractivity contribution is 7.15. The molecule has 0 saturated carbocycles. The van der Waals surface area contributed by atoms with Gasteiger partial charge in [-0.1, -0.05) is 0 Å². The number of nitrogen functional groups attached to an aromatic ring is 1. The lowest BCUT2D eigenvalue weighted by Gasteiger charge is -2.17. The van der Waals surface area contributed by atoms with Crippen molar-refractivity contribution in [3.8, 4) is 17.0 Å². The normalized spacial score (nSPS) is 14.3. The highest BCUT2D eigenvalue weighted by atomic mass is 32.1. The molecule has 0 atom stereocenters. The highest BCUT2D eigenvalue weighted by Gasteiger charge is 2.15. The Morgan fingerprint density at radius 3 is 3.21 bits per heavy atom. The molecule has 96 valence electrons. The summed E-state index contributed by atoms with van der Waals surface area (Å²) >= 11 is 1.55. The summed E-state index contributed by atoms with van der Waals surface area (Å²) in [7, 11) is 0. The second-order valence-corrected chi connectivity index (χ2v) is 5.41. The molecule has 0 unspecified atom stereocenters. The smallest absolute Gasteiger partial charge is 0.227 e. The van der Waals surface area contributed by atoms with Crippen LogP contribution in [0.4, 0.5) is 5.95 Å². The second kappa shape index (κ2) is 3.96. The lowest BCUT2D eigenvalue weighted by atomic mass is 10.0. The molecule has 3 heterocycles. The number of hydrogen-bond acceptors (Lipinski definition) is 5. The first kappa shape index (κ1) is 10.8. The molecule has 1 aliphatic rings. The molecular weight excluding hydrogens is 260 g/mol. The zero-order chi connectivity index (χ0) is 12.8. The SMILES string of the molecule is Nc1nnc2scc(-c3ccc4c(c3)CCCO4)n12. The maximum atomic E-state index is 5.87. The summed E-state index contributed by atoms with van der Waals surface area (Å²) in [6, 6.07) is 6.27. The van der Waals surface area contributed by atoms with Crippen molar-refractivity contribution in [3.05, 3.63) is 29.1 Å². The van der Waals surface area contributed by atoms with Crippen LogP contribution < -0.4 is 10.5 Å². The number of aromatic nitrogens is 3. The summed E-state index contributed by atoms with van der Waals surface area (Å²) in [6.07, 6.45) is 2.14. The number of nitrogens with zero attached hydrogens (tertiary/aromatic N) is 3. The predicted octanol–water partition coefficient (Wildman–Crippen LogP) is 2.37. The topological polar surface area (TPSA) is 65.4 Å². The molecule has 0 radical (unpaired) electrons. The minimum atomic E-state index is 0.431. The molecule has 0 fully saturated rings. The quantitative estimate of drug-likeness (QED) is 0.738. The summed E-state index contributed by atoms with van der Waals surface area (Å²) in [5, 5.41) is 10.0. The van der Waals surface area contributed by atoms with Gasteiger partial charge >= 0.3 is 0 Å². The number of aryl methyl sites for hydroxylation is 1. The third kappa shape index (κ3) is 1.60. The first-order chi connectivity index (χ1) is 9.33. The number of nitrogens with two attached hydrogens (primary N) is 1. The van der Waals surface area contributed by atoms with Crippen LogP contribution in [0.5, 0.6) is 5.75 Å². The van der Waals surface area contributed by atoms with Gasteiger partial charge in [-0.2, -0.15) is 0 Å². The number of thiazole rings is 1. The molecule has 0 aliphatic carbocycles. The van der Waals surface area contributed by atoms with Crippen LogP contribution in [-0.2, 0) is 6.42 Å². The molecule has 0 amide bonds. The Labute approximate surface area is 113 Å². The van der Waals surface area contributed by atoms with Gasteiger partial charge in [0.2, 0.25) is 10.9 Å². The van der Waals surface area contributed by atoms with Gasteiger partial charge in [-0.3, -0.25) is 4.40 Å². The number of rotatable bonds is 1. The minimum Gasteiger partial charge on any atom is -0.493 e. The van der Waals surface area contributed by atoms with Gasteiger partial charge in [0.25, 0.3) is 0 Å². The standard InChI is InChI=1S/C13H12N4OS/c14-12-15-16-13-17(12)10(7-19-13)8-3-4-11-9(6-8)2-1-5-18-11/h3-4,6-7H,1-2,5H2,(H2,14,15). The third-order valence-electron chi connectivity index (χ3n) is 3.38. The zero-order valence-electron chi connectivity index (χ0n) is 10.2. The molecule has 0 saturated heterocycles. The summed E-state index contributed by atoms with van der Waals surface area (Å²) in [6.45, 7) is 0.813. The fourth-order valence-electron chi connectivity index (χ4n) is 2.46. The Hall–Kier alpha value is -2.08. The summed E-state index contributed by atoms with van der Waals surface area (Å²) in [5.74, 6) is 1.43. The van der Waals surface area contributed by atoms with E-state index in [1.807, 2.05) is 10.5 Å². The van der Waals surface area contributed by atoms with Crippen LogP contribution in [0.1, 0.15) is 12.0 Å². The number of fused-ring (bicyclic) bond motifs is 2. The van der Waals surface area contributed by atoms with Gasteiger partial charge in [0, 0.05) is 10.9 Å². The van der Waals surface area contributed by atoms with E-state index in [0.29, 0.717) is 5.95 Å². The van der Waals surface area contributed by atoms with E-state index in [1.54, 1.807) is 11.3 Å². The molecule has 3 aromatic rings. The predicted molar refractivity (Wildman–Crippen MR) is 74.5 cm³/mol. The van der Waals surface area contributed by atoms with E-state index in [9.17, 15) is 0 Å². The van der Waals surface area contributed by atoms with E-state index < -0.39 is 0 Å². The summed E-state index contributed by atoms with van der Waals surface area (Å²) in [4.78, 5) is 0.821. The van der Waals surface area contributed by atoms with Crippen molar-refractivity contribution in [1.29, 1.82) is 0 Å². The average Bonchev–Trinajstić information content (AvgIpc) is 3.02. The molecule has 1 aliphatic heterocycles. The Bertz CT molecular complexity index is 761. The van der Waals surface area contributed by atoms with Crippen molar-refractivity contribution in [2.75, 3.05) is 12.3 Å². The molecule has 19 heavy (non-hydrogen) atoms. The Balaban J connectivity index is 1.90. The number of anilines is 1. The largest absolute Gasteiger partial charge is 0.493 e. The van der Waals surface area contributed by atoms with Gasteiger partial charge in [0.1, 0.15) is 5.75 Å². The fraction of sp³-hybridized carbons (Fsp3) is 0.231. The molecular formula is C13H12N4OS. The average molecular weight is 272 g/mol. The summed E-state index contributed by atoms with van der Waals surface area (Å²) < 4.78 is 7.52. The van der Waals surface area contributed by atoms with Gasteiger partial charge in [-0.05, 0) is 36.6 Å². The van der Waals surface area contributed by atoms with E-state index in [2.05, 4.69) is 27.7 Å². The molecule has 4 rings (SSSR count). The molecule has 0 spiro atoms. The monoisotopic (exact) mass is 272 g/mol. The first-order valence-corrected chi connectivity index (χ1v) is 7.05. The van der Waals surface area contributed by atoms with Crippen LogP contribution in [-0.4, -0.2) is 21.2 Å². The minimum absolute atomic E-state index is 0.431. The van der Waals surface area contributed by atoms with Crippen LogP contribution in [0, 0.1) is 0 Å². The van der Waals surface area contributed by atoms with Crippen LogP contribution >= 0.6 is 11.3 Å². The van der Waals surface area contributed by atoms with E-state index in [1.165, 1.54) is 5.56 Å². The van der Waals surface area contributed by atoms with Crippen molar-refractivity contribution in [2.45, 2.75) is 12.8 Å². The van der Waals surface area contributed by atoms with E-state index in [4.69, 9.17) is 10.5 Å². The van der Waals surface area contributed by atoms with Gasteiger partial charge in [-0.15, -0.1) is 21.5 Å². The Morgan fingerprint density at radius 2 is 2.26 bits per heavy atom. The van der Waals surface area contributed by atoms with Gasteiger partial charge in [0.15, 0.2) is 0 Å². The lowest BCUT2D eigenvalue weighted by molar-refractivity contribution is 0.288. The van der Waals surface area contributed by atoms with Crippen molar-refractivity contribution >= 4 is 22.2 Å². The molecule has 1 aromatic carbocycles. The number of hydrogen-bond donors (Lipinski definition) is 1. The van der Waals surface area contributed by atoms with Gasteiger partial charge in [-0.25, -0.2) is 0 Å². The van der Waals surface area contributed by atoms with E-state index in [-0.39, 0.29) is 0 Å². The van der Waals surface area contributed by atoms with Gasteiger partial charge < -0.3 is 10.5 Å². The van der Waals surface area contributed by atoms with Gasteiger partial charge in [0.05, 0.1) is 12.3 Å². The molecule has 5 nitrogen and oxygen atoms in total. The molecule has 2 N–H and O–H groups in total. The van der Waals surface area contributed by atoms with Crippen LogP contribution in [0.15, 0.2) is 23.6 Å². The lowest BCUT2D eigenvalue weighted by Crippen LogP contribution is -2.08. The van der Waals surface area contributed by atoms with Crippen molar-refractivity contribution in [3.63, 3.8) is 0 Å². The van der Waals surface area contributed by atoms with E-state index >= 15 is 0 Å². The van der Waals surface area contributed by atoms with Crippen LogP contribution in [0.3, 0.4) is 0 Å². The maximum Gasteiger partial charge on any atom is 0.227 e. The maximum absolute atomic E-state index is 5.87. The first-order valence-electron chi connectivity index (χ1n) is 6.17. The van der Waals surface area contributed by atoms with Crippen LogP contribution in [0.2, 0.25) is 0 Å². The van der Waals surface area contributed by atoms with Crippen molar-refractivity contribution in [1.82, 2.24) is 14.6 Å². The second-order valence-electron chi connectivity index (χ2n) is 4.57. The summed E-state index contributed by atoms with van der Waals surface area (Å²) in [5.41, 5.74) is 9.29. The van der Waals surface area contributed by atoms with Crippen molar-refractivity contribution < 1.29 is 4.74 Å². The molecule has 0 bridgehead atoms. The van der Waals surface area contributed by atoms with E-state index in [0.717, 1.165) is 41.4 Å². The highest BCUT2D eigenvalue weighted by Crippen LogP contribution is 2.32. The number of ether oxygens (including phenoxy) is 1. The van der Waals surface area contributed by atoms with Crippen LogP contribution in [0.25, 0.3) is 16.2 Å². The number of benzene rings is 1. The molecule has 2 aromatic heterocycles. The van der Waals surface area contributed by atoms with Crippen molar-refractivity contribution in [2.24, 2.45) is 0 Å². The third-order valence-corrected chi connectivity index (χ3v) is 4.20. The fourth-order valence-corrected chi connectivity index (χ4v) is 3.31.